The van der Waals surface area contributed by atoms with Gasteiger partial charge in [-0.2, -0.15) is 0 Å². The molecule has 2 rings (SSSR count). The molecular formula is C20H23N3O3. The molecule has 0 saturated heterocycles. The van der Waals surface area contributed by atoms with Crippen LogP contribution in [0.4, 0.5) is 0 Å². The molecule has 0 aromatic heterocycles. The van der Waals surface area contributed by atoms with Gasteiger partial charge in [0.05, 0.1) is 0 Å². The van der Waals surface area contributed by atoms with Crippen LogP contribution in [0.25, 0.3) is 0 Å². The molecule has 3 amide bonds. The minimum atomic E-state index is -0.779. The summed E-state index contributed by atoms with van der Waals surface area (Å²) in [6.07, 6.45) is 0. The summed E-state index contributed by atoms with van der Waals surface area (Å²) >= 11 is 0. The quantitative estimate of drug-likeness (QED) is 0.720. The summed E-state index contributed by atoms with van der Waals surface area (Å²) in [7, 11) is 0. The van der Waals surface area contributed by atoms with Crippen molar-refractivity contribution in [3.05, 3.63) is 71.3 Å². The van der Waals surface area contributed by atoms with E-state index in [1.54, 1.807) is 42.5 Å². The van der Waals surface area contributed by atoms with E-state index in [-0.39, 0.29) is 11.8 Å². The predicted octanol–water partition coefficient (Wildman–Crippen LogP) is 2.21. The van der Waals surface area contributed by atoms with Gasteiger partial charge in [0.15, 0.2) is 0 Å². The van der Waals surface area contributed by atoms with Crippen molar-refractivity contribution in [2.75, 3.05) is 0 Å². The minimum Gasteiger partial charge on any atom is -0.340 e. The normalized spacial score (nSPS) is 11.5. The number of hydrogen-bond donors (Lipinski definition) is 3. The summed E-state index contributed by atoms with van der Waals surface area (Å²) in [5, 5.41) is 2.73. The van der Waals surface area contributed by atoms with Gasteiger partial charge in [0.25, 0.3) is 17.7 Å². The third-order valence-electron chi connectivity index (χ3n) is 3.96. The maximum absolute atomic E-state index is 12.5. The summed E-state index contributed by atoms with van der Waals surface area (Å²) in [6, 6.07) is 14.9. The highest BCUT2D eigenvalue weighted by atomic mass is 16.2. The molecule has 0 aliphatic heterocycles. The van der Waals surface area contributed by atoms with Gasteiger partial charge >= 0.3 is 0 Å². The van der Waals surface area contributed by atoms with Crippen LogP contribution in [0.2, 0.25) is 0 Å². The lowest BCUT2D eigenvalue weighted by Crippen LogP contribution is -2.54. The maximum atomic E-state index is 12.5. The molecule has 2 aromatic rings. The van der Waals surface area contributed by atoms with E-state index >= 15 is 0 Å². The number of carbonyl (C=O) groups excluding carboxylic acids is 3. The maximum Gasteiger partial charge on any atom is 0.269 e. The zero-order chi connectivity index (χ0) is 19.1. The molecule has 136 valence electrons. The molecule has 1 unspecified atom stereocenters. The number of nitrogens with one attached hydrogen (secondary N) is 3. The van der Waals surface area contributed by atoms with Crippen molar-refractivity contribution in [2.24, 2.45) is 5.92 Å². The first-order valence-corrected chi connectivity index (χ1v) is 8.42. The Balaban J connectivity index is 2.00. The number of aryl methyl sites for hydroxylation is 1. The van der Waals surface area contributed by atoms with Gasteiger partial charge in [-0.15, -0.1) is 0 Å². The zero-order valence-corrected chi connectivity index (χ0v) is 15.1. The second-order valence-corrected chi connectivity index (χ2v) is 6.32. The minimum absolute atomic E-state index is 0.156. The number of benzene rings is 2. The number of rotatable bonds is 5. The SMILES string of the molecule is Cc1ccccc1C(=O)NC(C(=O)NNC(=O)c1ccccc1)C(C)C. The van der Waals surface area contributed by atoms with E-state index < -0.39 is 17.9 Å². The monoisotopic (exact) mass is 353 g/mol. The number of hydrazine groups is 1. The number of hydrogen-bond acceptors (Lipinski definition) is 3. The fourth-order valence-electron chi connectivity index (χ4n) is 2.44. The van der Waals surface area contributed by atoms with Gasteiger partial charge in [0.1, 0.15) is 6.04 Å². The van der Waals surface area contributed by atoms with Gasteiger partial charge in [-0.25, -0.2) is 0 Å². The van der Waals surface area contributed by atoms with Crippen LogP contribution in [-0.2, 0) is 4.79 Å². The Bertz CT molecular complexity index is 788. The fourth-order valence-corrected chi connectivity index (χ4v) is 2.44. The Morgan fingerprint density at radius 1 is 0.808 bits per heavy atom. The van der Waals surface area contributed by atoms with Crippen LogP contribution in [0.1, 0.15) is 40.1 Å². The van der Waals surface area contributed by atoms with Crippen LogP contribution in [0.5, 0.6) is 0 Å². The smallest absolute Gasteiger partial charge is 0.269 e. The third-order valence-corrected chi connectivity index (χ3v) is 3.96. The Hall–Kier alpha value is -3.15. The molecule has 6 heteroatoms. The molecule has 3 N–H and O–H groups in total. The number of amides is 3. The van der Waals surface area contributed by atoms with Crippen LogP contribution >= 0.6 is 0 Å². The zero-order valence-electron chi connectivity index (χ0n) is 15.1. The summed E-state index contributed by atoms with van der Waals surface area (Å²) in [5.74, 6) is -1.39. The molecule has 26 heavy (non-hydrogen) atoms. The molecule has 6 nitrogen and oxygen atoms in total. The Morgan fingerprint density at radius 3 is 2.04 bits per heavy atom. The highest BCUT2D eigenvalue weighted by molar-refractivity contribution is 5.99. The number of carbonyl (C=O) groups is 3. The Labute approximate surface area is 153 Å². The van der Waals surface area contributed by atoms with Crippen molar-refractivity contribution in [1.82, 2.24) is 16.2 Å². The second kappa shape index (κ2) is 8.80. The van der Waals surface area contributed by atoms with E-state index in [9.17, 15) is 14.4 Å². The van der Waals surface area contributed by atoms with Crippen molar-refractivity contribution >= 4 is 17.7 Å². The highest BCUT2D eigenvalue weighted by Gasteiger charge is 2.25. The first kappa shape index (κ1) is 19.2. The third kappa shape index (κ3) is 4.92. The average molecular weight is 353 g/mol. The standard InChI is InChI=1S/C20H23N3O3/c1-13(2)17(21-19(25)16-12-8-7-9-14(16)3)20(26)23-22-18(24)15-10-5-4-6-11-15/h4-13,17H,1-3H3,(H,21,25)(H,22,24)(H,23,26). The topological polar surface area (TPSA) is 87.3 Å². The first-order valence-electron chi connectivity index (χ1n) is 8.42. The van der Waals surface area contributed by atoms with Crippen molar-refractivity contribution in [3.63, 3.8) is 0 Å². The Kier molecular flexibility index (Phi) is 6.49. The molecule has 0 radical (unpaired) electrons. The second-order valence-electron chi connectivity index (χ2n) is 6.32. The van der Waals surface area contributed by atoms with E-state index in [0.717, 1.165) is 5.56 Å². The van der Waals surface area contributed by atoms with Gasteiger partial charge < -0.3 is 5.32 Å². The molecule has 0 saturated carbocycles. The first-order chi connectivity index (χ1) is 12.4. The molecule has 0 fully saturated rings. The lowest BCUT2D eigenvalue weighted by molar-refractivity contribution is -0.124. The lowest BCUT2D eigenvalue weighted by Gasteiger charge is -2.22. The molecule has 2 aromatic carbocycles. The van der Waals surface area contributed by atoms with Crippen LogP contribution in [0, 0.1) is 12.8 Å². The van der Waals surface area contributed by atoms with Crippen molar-refractivity contribution in [3.8, 4) is 0 Å². The molecule has 0 spiro atoms. The summed E-state index contributed by atoms with van der Waals surface area (Å²) in [6.45, 7) is 5.47. The lowest BCUT2D eigenvalue weighted by atomic mass is 10.0. The van der Waals surface area contributed by atoms with E-state index in [0.29, 0.717) is 11.1 Å². The largest absolute Gasteiger partial charge is 0.340 e. The van der Waals surface area contributed by atoms with E-state index in [1.807, 2.05) is 32.9 Å². The van der Waals surface area contributed by atoms with Crippen molar-refractivity contribution in [2.45, 2.75) is 26.8 Å². The van der Waals surface area contributed by atoms with Gasteiger partial charge in [0, 0.05) is 11.1 Å². The summed E-state index contributed by atoms with van der Waals surface area (Å²) in [4.78, 5) is 36.9. The van der Waals surface area contributed by atoms with E-state index in [4.69, 9.17) is 0 Å². The van der Waals surface area contributed by atoms with E-state index in [1.165, 1.54) is 0 Å². The Morgan fingerprint density at radius 2 is 1.42 bits per heavy atom. The predicted molar refractivity (Wildman–Crippen MR) is 99.3 cm³/mol. The van der Waals surface area contributed by atoms with Crippen molar-refractivity contribution < 1.29 is 14.4 Å². The summed E-state index contributed by atoms with van der Waals surface area (Å²) in [5.41, 5.74) is 6.52. The molecule has 0 aliphatic rings. The fraction of sp³-hybridized carbons (Fsp3) is 0.250. The van der Waals surface area contributed by atoms with Crippen LogP contribution in [0.15, 0.2) is 54.6 Å². The molecule has 0 heterocycles. The van der Waals surface area contributed by atoms with Gasteiger partial charge in [-0.1, -0.05) is 50.2 Å². The van der Waals surface area contributed by atoms with Gasteiger partial charge in [-0.3, -0.25) is 25.2 Å². The highest BCUT2D eigenvalue weighted by Crippen LogP contribution is 2.09. The van der Waals surface area contributed by atoms with Gasteiger partial charge in [0.2, 0.25) is 0 Å². The molecule has 0 aliphatic carbocycles. The van der Waals surface area contributed by atoms with Crippen LogP contribution in [-0.4, -0.2) is 23.8 Å². The van der Waals surface area contributed by atoms with Crippen molar-refractivity contribution in [1.29, 1.82) is 0 Å². The van der Waals surface area contributed by atoms with Crippen LogP contribution in [0.3, 0.4) is 0 Å². The van der Waals surface area contributed by atoms with E-state index in [2.05, 4.69) is 16.2 Å². The average Bonchev–Trinajstić information content (AvgIpc) is 2.64. The molecule has 0 bridgehead atoms. The molecular weight excluding hydrogens is 330 g/mol. The van der Waals surface area contributed by atoms with Crippen LogP contribution < -0.4 is 16.2 Å². The van der Waals surface area contributed by atoms with Gasteiger partial charge in [-0.05, 0) is 36.6 Å². The summed E-state index contributed by atoms with van der Waals surface area (Å²) < 4.78 is 0. The molecule has 1 atom stereocenters.